The molecule has 4 heteroatoms. The maximum Gasteiger partial charge on any atom is 0.410 e. The molecule has 2 aliphatic heterocycles. The van der Waals surface area contributed by atoms with Gasteiger partial charge < -0.3 is 9.64 Å². The summed E-state index contributed by atoms with van der Waals surface area (Å²) in [6.07, 6.45) is 2.00. The van der Waals surface area contributed by atoms with Gasteiger partial charge in [0, 0.05) is 18.8 Å². The van der Waals surface area contributed by atoms with Crippen LogP contribution in [0.3, 0.4) is 0 Å². The summed E-state index contributed by atoms with van der Waals surface area (Å²) in [4.78, 5) is 16.8. The van der Waals surface area contributed by atoms with Gasteiger partial charge in [-0.2, -0.15) is 0 Å². The lowest BCUT2D eigenvalue weighted by molar-refractivity contribution is 0.0123. The highest BCUT2D eigenvalue weighted by Gasteiger charge is 2.44. The summed E-state index contributed by atoms with van der Waals surface area (Å²) in [5, 5.41) is 0. The highest BCUT2D eigenvalue weighted by atomic mass is 16.6. The van der Waals surface area contributed by atoms with Gasteiger partial charge >= 0.3 is 6.09 Å². The molecule has 2 aliphatic rings. The molecule has 2 atom stereocenters. The normalized spacial score (nSPS) is 24.5. The van der Waals surface area contributed by atoms with Crippen LogP contribution in [0, 0.1) is 6.92 Å². The molecule has 0 aromatic heterocycles. The average Bonchev–Trinajstić information content (AvgIpc) is 2.69. The number of carbonyl (C=O) groups excluding carboxylic acids is 1. The predicted octanol–water partition coefficient (Wildman–Crippen LogP) is 3.58. The first kappa shape index (κ1) is 15.2. The number of amides is 1. The Kier molecular flexibility index (Phi) is 3.79. The molecule has 0 radical (unpaired) electrons. The number of aryl methyl sites for hydroxylation is 1. The number of fused-ring (bicyclic) bond motifs is 2. The molecule has 1 aromatic carbocycles. The molecule has 2 heterocycles. The van der Waals surface area contributed by atoms with Crippen LogP contribution in [0.1, 0.15) is 39.2 Å². The van der Waals surface area contributed by atoms with Gasteiger partial charge in [0.1, 0.15) is 5.60 Å². The van der Waals surface area contributed by atoms with Crippen LogP contribution in [0.4, 0.5) is 10.5 Å². The maximum absolute atomic E-state index is 12.4. The van der Waals surface area contributed by atoms with Crippen molar-refractivity contribution in [3.05, 3.63) is 29.8 Å². The number of hydrogen-bond donors (Lipinski definition) is 0. The molecule has 3 rings (SSSR count). The zero-order valence-corrected chi connectivity index (χ0v) is 14.0. The van der Waals surface area contributed by atoms with Gasteiger partial charge in [0.05, 0.1) is 12.1 Å². The monoisotopic (exact) mass is 302 g/mol. The molecule has 0 saturated carbocycles. The Morgan fingerprint density at radius 2 is 1.64 bits per heavy atom. The van der Waals surface area contributed by atoms with E-state index in [4.69, 9.17) is 4.74 Å². The number of carbonyl (C=O) groups is 1. The zero-order valence-electron chi connectivity index (χ0n) is 14.0. The van der Waals surface area contributed by atoms with E-state index in [0.29, 0.717) is 0 Å². The molecular weight excluding hydrogens is 276 g/mol. The second kappa shape index (κ2) is 5.49. The van der Waals surface area contributed by atoms with Crippen LogP contribution in [0.5, 0.6) is 0 Å². The fourth-order valence-electron chi connectivity index (χ4n) is 3.48. The molecule has 1 aromatic rings. The first-order chi connectivity index (χ1) is 10.3. The molecule has 1 amide bonds. The van der Waals surface area contributed by atoms with E-state index in [9.17, 15) is 4.79 Å². The fourth-order valence-corrected chi connectivity index (χ4v) is 3.48. The van der Waals surface area contributed by atoms with Crippen LogP contribution in [0.25, 0.3) is 0 Å². The van der Waals surface area contributed by atoms with E-state index in [1.165, 1.54) is 11.3 Å². The van der Waals surface area contributed by atoms with Gasteiger partial charge in [-0.3, -0.25) is 4.90 Å². The molecule has 2 unspecified atom stereocenters. The summed E-state index contributed by atoms with van der Waals surface area (Å²) in [7, 11) is 0. The summed E-state index contributed by atoms with van der Waals surface area (Å²) in [6.45, 7) is 9.69. The third-order valence-corrected chi connectivity index (χ3v) is 4.49. The van der Waals surface area contributed by atoms with Gasteiger partial charge in [-0.1, -0.05) is 17.7 Å². The van der Waals surface area contributed by atoms with E-state index in [1.54, 1.807) is 0 Å². The summed E-state index contributed by atoms with van der Waals surface area (Å²) >= 11 is 0. The van der Waals surface area contributed by atoms with Crippen LogP contribution in [0.2, 0.25) is 0 Å². The molecule has 4 nitrogen and oxygen atoms in total. The second-order valence-corrected chi connectivity index (χ2v) is 7.51. The first-order valence-electron chi connectivity index (χ1n) is 8.16. The van der Waals surface area contributed by atoms with Crippen LogP contribution >= 0.6 is 0 Å². The molecule has 0 N–H and O–H groups in total. The van der Waals surface area contributed by atoms with Crippen molar-refractivity contribution in [2.75, 3.05) is 18.0 Å². The summed E-state index contributed by atoms with van der Waals surface area (Å²) < 4.78 is 5.58. The Balaban J connectivity index is 1.71. The van der Waals surface area contributed by atoms with E-state index in [1.807, 2.05) is 25.7 Å². The molecule has 120 valence electrons. The minimum atomic E-state index is -0.426. The van der Waals surface area contributed by atoms with E-state index in [0.717, 1.165) is 25.9 Å². The minimum absolute atomic E-state index is 0.149. The first-order valence-corrected chi connectivity index (χ1v) is 8.16. The highest BCUT2D eigenvalue weighted by Crippen LogP contribution is 2.33. The van der Waals surface area contributed by atoms with Gasteiger partial charge in [-0.25, -0.2) is 4.79 Å². The van der Waals surface area contributed by atoms with Crippen molar-refractivity contribution in [2.45, 2.75) is 58.2 Å². The van der Waals surface area contributed by atoms with Crippen molar-refractivity contribution in [2.24, 2.45) is 0 Å². The summed E-state index contributed by atoms with van der Waals surface area (Å²) in [6, 6.07) is 9.20. The Labute approximate surface area is 133 Å². The third kappa shape index (κ3) is 3.06. The van der Waals surface area contributed by atoms with Crippen molar-refractivity contribution in [1.29, 1.82) is 0 Å². The van der Waals surface area contributed by atoms with Gasteiger partial charge in [-0.05, 0) is 52.7 Å². The van der Waals surface area contributed by atoms with Crippen LogP contribution < -0.4 is 4.90 Å². The smallest absolute Gasteiger partial charge is 0.410 e. The number of anilines is 1. The Hall–Kier alpha value is -1.71. The molecule has 0 aliphatic carbocycles. The number of piperazine rings is 1. The number of benzene rings is 1. The lowest BCUT2D eigenvalue weighted by atomic mass is 10.1. The van der Waals surface area contributed by atoms with E-state index >= 15 is 0 Å². The standard InChI is InChI=1S/C18H26N2O2/c1-13-5-7-14(8-6-13)19-11-15-9-10-16(12-19)20(15)17(21)22-18(2,3)4/h5-8,15-16H,9-12H2,1-4H3. The Bertz CT molecular complexity index is 533. The van der Waals surface area contributed by atoms with Gasteiger partial charge in [0.25, 0.3) is 0 Å². The molecule has 22 heavy (non-hydrogen) atoms. The van der Waals surface area contributed by atoms with E-state index < -0.39 is 5.60 Å². The topological polar surface area (TPSA) is 32.8 Å². The SMILES string of the molecule is Cc1ccc(N2CC3CCC(C2)N3C(=O)OC(C)(C)C)cc1. The lowest BCUT2D eigenvalue weighted by Gasteiger charge is -2.42. The van der Waals surface area contributed by atoms with Gasteiger partial charge in [0.15, 0.2) is 0 Å². The van der Waals surface area contributed by atoms with Crippen LogP contribution in [0.15, 0.2) is 24.3 Å². The Morgan fingerprint density at radius 1 is 1.09 bits per heavy atom. The number of ether oxygens (including phenoxy) is 1. The quantitative estimate of drug-likeness (QED) is 0.795. The number of rotatable bonds is 1. The van der Waals surface area contributed by atoms with Crippen LogP contribution in [-0.4, -0.2) is 41.8 Å². The van der Waals surface area contributed by atoms with Gasteiger partial charge in [-0.15, -0.1) is 0 Å². The molecule has 2 saturated heterocycles. The summed E-state index contributed by atoms with van der Waals surface area (Å²) in [5.41, 5.74) is 2.11. The lowest BCUT2D eigenvalue weighted by Crippen LogP contribution is -2.56. The number of hydrogen-bond acceptors (Lipinski definition) is 3. The van der Waals surface area contributed by atoms with E-state index in [-0.39, 0.29) is 18.2 Å². The Morgan fingerprint density at radius 3 is 2.14 bits per heavy atom. The zero-order chi connectivity index (χ0) is 15.9. The number of nitrogens with zero attached hydrogens (tertiary/aromatic N) is 2. The van der Waals surface area contributed by atoms with E-state index in [2.05, 4.69) is 36.1 Å². The largest absolute Gasteiger partial charge is 0.444 e. The predicted molar refractivity (Wildman–Crippen MR) is 88.3 cm³/mol. The fraction of sp³-hybridized carbons (Fsp3) is 0.611. The molecule has 2 fully saturated rings. The van der Waals surface area contributed by atoms with Crippen molar-refractivity contribution in [3.8, 4) is 0 Å². The van der Waals surface area contributed by atoms with Crippen molar-refractivity contribution in [3.63, 3.8) is 0 Å². The third-order valence-electron chi connectivity index (χ3n) is 4.49. The maximum atomic E-state index is 12.4. The minimum Gasteiger partial charge on any atom is -0.444 e. The van der Waals surface area contributed by atoms with Crippen LogP contribution in [-0.2, 0) is 4.74 Å². The molecule has 2 bridgehead atoms. The molecular formula is C18H26N2O2. The van der Waals surface area contributed by atoms with Crippen molar-refractivity contribution >= 4 is 11.8 Å². The van der Waals surface area contributed by atoms with Crippen molar-refractivity contribution < 1.29 is 9.53 Å². The summed E-state index contributed by atoms with van der Waals surface area (Å²) in [5.74, 6) is 0. The average molecular weight is 302 g/mol. The van der Waals surface area contributed by atoms with Gasteiger partial charge in [0.2, 0.25) is 0 Å². The second-order valence-electron chi connectivity index (χ2n) is 7.51. The highest BCUT2D eigenvalue weighted by molar-refractivity contribution is 5.70. The van der Waals surface area contributed by atoms with Crippen molar-refractivity contribution in [1.82, 2.24) is 4.90 Å². The molecule has 0 spiro atoms.